The molecule has 0 spiro atoms. The first-order valence-electron chi connectivity index (χ1n) is 11.3. The summed E-state index contributed by atoms with van der Waals surface area (Å²) in [6, 6.07) is 42.7. The molecule has 0 heterocycles. The zero-order valence-corrected chi connectivity index (χ0v) is 20.4. The third-order valence-electron chi connectivity index (χ3n) is 6.02. The smallest absolute Gasteiger partial charge is 0.550 e. The molecule has 5 rings (SSSR count). The normalized spacial score (nSPS) is 10.4. The Morgan fingerprint density at radius 2 is 0.886 bits per heavy atom. The molecule has 0 amide bonds. The number of rotatable bonds is 6. The van der Waals surface area contributed by atoms with Crippen molar-refractivity contribution in [2.45, 2.75) is 6.42 Å². The fraction of sp³-hybridized carbons (Fsp3) is 0.0312. The minimum atomic E-state index is -1.09. The molecule has 5 aromatic rings. The summed E-state index contributed by atoms with van der Waals surface area (Å²) < 4.78 is 0. The standard InChI is InChI=1S/C32H24O2.Ag/c33-29(34)22-27-21-28(23-13-5-1-6-14-23)31(25-17-9-3-10-18-25)32(26-19-11-4-12-20-26)30(27)24-15-7-2-8-16-24;/h1-21H,22H2,(H,33,34);/q;+1/p-1. The number of benzene rings is 5. The number of hydrogen-bond donors (Lipinski definition) is 0. The van der Waals surface area contributed by atoms with E-state index in [1.165, 1.54) is 0 Å². The number of carboxylic acids is 1. The van der Waals surface area contributed by atoms with Crippen molar-refractivity contribution >= 4 is 5.97 Å². The van der Waals surface area contributed by atoms with Crippen molar-refractivity contribution in [1.82, 2.24) is 0 Å². The van der Waals surface area contributed by atoms with E-state index in [4.69, 9.17) is 0 Å². The average Bonchev–Trinajstić information content (AvgIpc) is 2.89. The Labute approximate surface area is 221 Å². The van der Waals surface area contributed by atoms with Crippen molar-refractivity contribution in [1.29, 1.82) is 0 Å². The molecule has 0 bridgehead atoms. The minimum absolute atomic E-state index is 0. The molecular formula is C32H23AgO2. The molecule has 0 saturated heterocycles. The van der Waals surface area contributed by atoms with Gasteiger partial charge < -0.3 is 9.90 Å². The maximum Gasteiger partial charge on any atom is 1.00 e. The zero-order valence-electron chi connectivity index (χ0n) is 18.9. The minimum Gasteiger partial charge on any atom is -0.550 e. The van der Waals surface area contributed by atoms with E-state index in [2.05, 4.69) is 36.4 Å². The fourth-order valence-corrected chi connectivity index (χ4v) is 4.61. The van der Waals surface area contributed by atoms with Crippen molar-refractivity contribution < 1.29 is 32.3 Å². The van der Waals surface area contributed by atoms with E-state index >= 15 is 0 Å². The van der Waals surface area contributed by atoms with E-state index in [0.717, 1.165) is 50.1 Å². The van der Waals surface area contributed by atoms with E-state index in [1.54, 1.807) is 0 Å². The average molecular weight is 547 g/mol. The van der Waals surface area contributed by atoms with Gasteiger partial charge in [-0.1, -0.05) is 121 Å². The van der Waals surface area contributed by atoms with Gasteiger partial charge in [0.15, 0.2) is 0 Å². The summed E-state index contributed by atoms with van der Waals surface area (Å²) in [4.78, 5) is 11.9. The van der Waals surface area contributed by atoms with E-state index in [1.807, 2.05) is 91.0 Å². The van der Waals surface area contributed by atoms with E-state index in [0.29, 0.717) is 0 Å². The molecule has 0 unspecified atom stereocenters. The van der Waals surface area contributed by atoms with Crippen LogP contribution in [0.25, 0.3) is 44.5 Å². The van der Waals surface area contributed by atoms with Crippen molar-refractivity contribution in [3.8, 4) is 44.5 Å². The predicted molar refractivity (Wildman–Crippen MR) is 137 cm³/mol. The van der Waals surface area contributed by atoms with Crippen LogP contribution in [-0.2, 0) is 33.6 Å². The van der Waals surface area contributed by atoms with E-state index in [-0.39, 0.29) is 28.8 Å². The summed E-state index contributed by atoms with van der Waals surface area (Å²) in [5, 5.41) is 11.9. The maximum atomic E-state index is 11.9. The Morgan fingerprint density at radius 3 is 1.31 bits per heavy atom. The van der Waals surface area contributed by atoms with Crippen LogP contribution in [0, 0.1) is 0 Å². The first kappa shape index (κ1) is 24.4. The molecule has 0 aliphatic rings. The fourth-order valence-electron chi connectivity index (χ4n) is 4.61. The second-order valence-corrected chi connectivity index (χ2v) is 8.22. The molecule has 0 radical (unpaired) electrons. The third kappa shape index (κ3) is 5.21. The Kier molecular flexibility index (Phi) is 7.79. The van der Waals surface area contributed by atoms with Gasteiger partial charge >= 0.3 is 22.4 Å². The molecule has 0 N–H and O–H groups in total. The SMILES string of the molecule is O=C([O-])Cc1cc(-c2ccccc2)c(-c2ccccc2)c(-c2ccccc2)c1-c1ccccc1.[Ag+]. The second kappa shape index (κ2) is 11.2. The summed E-state index contributed by atoms with van der Waals surface area (Å²) in [5.41, 5.74) is 8.91. The predicted octanol–water partition coefficient (Wildman–Crippen LogP) is 6.64. The van der Waals surface area contributed by atoms with Crippen molar-refractivity contribution in [2.75, 3.05) is 0 Å². The summed E-state index contributed by atoms with van der Waals surface area (Å²) in [5.74, 6) is -1.09. The summed E-state index contributed by atoms with van der Waals surface area (Å²) >= 11 is 0. The molecule has 3 heteroatoms. The molecule has 35 heavy (non-hydrogen) atoms. The molecule has 2 nitrogen and oxygen atoms in total. The van der Waals surface area contributed by atoms with Crippen LogP contribution in [0.4, 0.5) is 0 Å². The van der Waals surface area contributed by atoms with Crippen LogP contribution in [0.1, 0.15) is 5.56 Å². The molecular weight excluding hydrogens is 524 g/mol. The Morgan fingerprint density at radius 1 is 0.514 bits per heavy atom. The summed E-state index contributed by atoms with van der Waals surface area (Å²) in [6.45, 7) is 0. The van der Waals surface area contributed by atoms with Gasteiger partial charge in [0.25, 0.3) is 0 Å². The molecule has 0 aliphatic heterocycles. The Hall–Kier alpha value is -3.69. The number of carbonyl (C=O) groups excluding carboxylic acids is 1. The van der Waals surface area contributed by atoms with Gasteiger partial charge in [-0.15, -0.1) is 0 Å². The van der Waals surface area contributed by atoms with Crippen molar-refractivity contribution in [2.24, 2.45) is 0 Å². The van der Waals surface area contributed by atoms with Gasteiger partial charge in [-0.2, -0.15) is 0 Å². The Balaban J connectivity index is 0.00000289. The monoisotopic (exact) mass is 546 g/mol. The first-order valence-corrected chi connectivity index (χ1v) is 11.3. The van der Waals surface area contributed by atoms with Crippen molar-refractivity contribution in [3.05, 3.63) is 133 Å². The van der Waals surface area contributed by atoms with E-state index < -0.39 is 5.97 Å². The summed E-state index contributed by atoms with van der Waals surface area (Å²) in [6.07, 6.45) is -0.168. The van der Waals surface area contributed by atoms with Gasteiger partial charge in [-0.25, -0.2) is 0 Å². The maximum absolute atomic E-state index is 11.9. The van der Waals surface area contributed by atoms with Gasteiger partial charge in [-0.05, 0) is 56.1 Å². The number of carboxylic acid groups (broad SMARTS) is 1. The van der Waals surface area contributed by atoms with Gasteiger partial charge in [-0.3, -0.25) is 0 Å². The van der Waals surface area contributed by atoms with Gasteiger partial charge in [0.05, 0.1) is 0 Å². The molecule has 0 aromatic heterocycles. The van der Waals surface area contributed by atoms with Crippen LogP contribution in [0.2, 0.25) is 0 Å². The van der Waals surface area contributed by atoms with Crippen LogP contribution in [0.5, 0.6) is 0 Å². The Bertz CT molecular complexity index is 1410. The van der Waals surface area contributed by atoms with Crippen LogP contribution in [-0.4, -0.2) is 5.97 Å². The van der Waals surface area contributed by atoms with Crippen LogP contribution < -0.4 is 5.11 Å². The topological polar surface area (TPSA) is 40.1 Å². The number of aliphatic carboxylic acids is 1. The second-order valence-electron chi connectivity index (χ2n) is 8.22. The van der Waals surface area contributed by atoms with Crippen LogP contribution in [0.15, 0.2) is 127 Å². The molecule has 174 valence electrons. The molecule has 5 aromatic carbocycles. The van der Waals surface area contributed by atoms with E-state index in [9.17, 15) is 9.90 Å². The quantitative estimate of drug-likeness (QED) is 0.224. The van der Waals surface area contributed by atoms with Crippen molar-refractivity contribution in [3.63, 3.8) is 0 Å². The molecule has 0 saturated carbocycles. The number of carbonyl (C=O) groups is 1. The van der Waals surface area contributed by atoms with Gasteiger partial charge in [0, 0.05) is 12.4 Å². The van der Waals surface area contributed by atoms with Gasteiger partial charge in [0.1, 0.15) is 0 Å². The van der Waals surface area contributed by atoms with Crippen LogP contribution in [0.3, 0.4) is 0 Å². The molecule has 0 fully saturated rings. The van der Waals surface area contributed by atoms with Gasteiger partial charge in [0.2, 0.25) is 0 Å². The summed E-state index contributed by atoms with van der Waals surface area (Å²) in [7, 11) is 0. The van der Waals surface area contributed by atoms with Crippen LogP contribution >= 0.6 is 0 Å². The third-order valence-corrected chi connectivity index (χ3v) is 6.02. The first-order chi connectivity index (χ1) is 16.7. The zero-order chi connectivity index (χ0) is 23.3. The molecule has 0 atom stereocenters. The number of hydrogen-bond acceptors (Lipinski definition) is 2. The largest absolute Gasteiger partial charge is 1.00 e. The molecule has 0 aliphatic carbocycles.